The van der Waals surface area contributed by atoms with Crippen molar-refractivity contribution in [3.63, 3.8) is 0 Å². The van der Waals surface area contributed by atoms with Crippen molar-refractivity contribution in [1.29, 1.82) is 0 Å². The minimum absolute atomic E-state index is 0.0219. The van der Waals surface area contributed by atoms with Crippen molar-refractivity contribution in [2.75, 3.05) is 6.61 Å². The van der Waals surface area contributed by atoms with E-state index in [0.29, 0.717) is 6.42 Å². The largest absolute Gasteiger partial charge is 0.396 e. The summed E-state index contributed by atoms with van der Waals surface area (Å²) in [6.45, 7) is 2.18. The van der Waals surface area contributed by atoms with Gasteiger partial charge < -0.3 is 10.8 Å². The molecule has 0 radical (unpaired) electrons. The first kappa shape index (κ1) is 10.2. The molecule has 68 valence electrons. The van der Waals surface area contributed by atoms with Gasteiger partial charge in [-0.3, -0.25) is 0 Å². The number of hydrogen-bond donors (Lipinski definition) is 2. The van der Waals surface area contributed by atoms with Crippen molar-refractivity contribution in [2.45, 2.75) is 19.4 Å². The Labute approximate surface area is 84.5 Å². The molecule has 0 bridgehead atoms. The normalized spacial score (nSPS) is 13.3. The first-order valence-electron chi connectivity index (χ1n) is 3.76. The summed E-state index contributed by atoms with van der Waals surface area (Å²) >= 11 is 5.07. The molecule has 0 spiro atoms. The summed E-state index contributed by atoms with van der Waals surface area (Å²) in [6.07, 6.45) is 0.633. The highest BCUT2D eigenvalue weighted by atomic mass is 79.9. The average Bonchev–Trinajstić information content (AvgIpc) is 2.34. The molecule has 4 heteroatoms. The third-order valence-electron chi connectivity index (χ3n) is 1.79. The van der Waals surface area contributed by atoms with Crippen LogP contribution < -0.4 is 5.73 Å². The Morgan fingerprint density at radius 1 is 1.75 bits per heavy atom. The molecule has 1 atom stereocenters. The summed E-state index contributed by atoms with van der Waals surface area (Å²) < 4.78 is 1.11. The molecule has 0 saturated heterocycles. The monoisotopic (exact) mass is 249 g/mol. The first-order chi connectivity index (χ1) is 5.66. The molecule has 0 unspecified atom stereocenters. The van der Waals surface area contributed by atoms with E-state index in [2.05, 4.69) is 15.9 Å². The highest BCUT2D eigenvalue weighted by molar-refractivity contribution is 9.10. The molecule has 0 aliphatic heterocycles. The summed E-state index contributed by atoms with van der Waals surface area (Å²) in [4.78, 5) is 1.16. The molecule has 3 N–H and O–H groups in total. The maximum absolute atomic E-state index is 8.71. The van der Waals surface area contributed by atoms with Gasteiger partial charge in [-0.25, -0.2) is 0 Å². The molecule has 12 heavy (non-hydrogen) atoms. The molecule has 1 aromatic heterocycles. The van der Waals surface area contributed by atoms with Gasteiger partial charge in [0.1, 0.15) is 0 Å². The number of aliphatic hydroxyl groups excluding tert-OH is 1. The van der Waals surface area contributed by atoms with Gasteiger partial charge in [0.05, 0.1) is 0 Å². The molecule has 1 rings (SSSR count). The molecule has 0 fully saturated rings. The fourth-order valence-electron chi connectivity index (χ4n) is 1.05. The minimum atomic E-state index is -0.0219. The lowest BCUT2D eigenvalue weighted by Gasteiger charge is -2.08. The molecule has 1 heterocycles. The van der Waals surface area contributed by atoms with Crippen LogP contribution in [0.4, 0.5) is 0 Å². The van der Waals surface area contributed by atoms with Crippen molar-refractivity contribution in [1.82, 2.24) is 0 Å². The zero-order valence-electron chi connectivity index (χ0n) is 6.88. The molecular weight excluding hydrogens is 238 g/mol. The number of rotatable bonds is 3. The van der Waals surface area contributed by atoms with Gasteiger partial charge in [-0.05, 0) is 34.8 Å². The second-order valence-electron chi connectivity index (χ2n) is 2.69. The number of aliphatic hydroxyl groups is 1. The van der Waals surface area contributed by atoms with Crippen LogP contribution in [0, 0.1) is 6.92 Å². The Hall–Kier alpha value is 0.1000. The van der Waals surface area contributed by atoms with Crippen LogP contribution in [-0.2, 0) is 0 Å². The smallest absolute Gasteiger partial charge is 0.0449 e. The van der Waals surface area contributed by atoms with E-state index in [4.69, 9.17) is 10.8 Å². The Morgan fingerprint density at radius 2 is 2.42 bits per heavy atom. The van der Waals surface area contributed by atoms with Crippen LogP contribution in [0.25, 0.3) is 0 Å². The maximum Gasteiger partial charge on any atom is 0.0449 e. The van der Waals surface area contributed by atoms with E-state index < -0.39 is 0 Å². The van der Waals surface area contributed by atoms with Crippen molar-refractivity contribution in [3.8, 4) is 0 Å². The summed E-state index contributed by atoms with van der Waals surface area (Å²) in [5.41, 5.74) is 7.04. The van der Waals surface area contributed by atoms with Gasteiger partial charge in [0.2, 0.25) is 0 Å². The Balaban J connectivity index is 2.80. The van der Waals surface area contributed by atoms with E-state index in [0.717, 1.165) is 9.35 Å². The number of hydrogen-bond acceptors (Lipinski definition) is 3. The molecule has 0 amide bonds. The lowest BCUT2D eigenvalue weighted by Crippen LogP contribution is -2.11. The lowest BCUT2D eigenvalue weighted by atomic mass is 10.1. The fourth-order valence-corrected chi connectivity index (χ4v) is 2.66. The van der Waals surface area contributed by atoms with Gasteiger partial charge in [0.25, 0.3) is 0 Å². The topological polar surface area (TPSA) is 46.2 Å². The van der Waals surface area contributed by atoms with Crippen molar-refractivity contribution in [2.24, 2.45) is 5.73 Å². The van der Waals surface area contributed by atoms with Gasteiger partial charge in [0, 0.05) is 27.4 Å². The Bertz CT molecular complexity index is 262. The van der Waals surface area contributed by atoms with Crippen LogP contribution in [0.3, 0.4) is 0 Å². The fraction of sp³-hybridized carbons (Fsp3) is 0.500. The van der Waals surface area contributed by atoms with Gasteiger partial charge >= 0.3 is 0 Å². The summed E-state index contributed by atoms with van der Waals surface area (Å²) in [5, 5.41) is 10.7. The second-order valence-corrected chi connectivity index (χ2v) is 4.46. The molecule has 0 saturated carbocycles. The molecule has 0 aliphatic rings. The van der Waals surface area contributed by atoms with E-state index in [-0.39, 0.29) is 12.6 Å². The standard InChI is InChI=1S/C8H12BrNOS/c1-5-6(9)4-12-8(5)7(10)2-3-11/h4,7,11H,2-3,10H2,1H3/t7-/m1/s1. The second kappa shape index (κ2) is 4.37. The summed E-state index contributed by atoms with van der Waals surface area (Å²) in [7, 11) is 0. The van der Waals surface area contributed by atoms with E-state index in [1.54, 1.807) is 11.3 Å². The van der Waals surface area contributed by atoms with Gasteiger partial charge in [0.15, 0.2) is 0 Å². The third-order valence-corrected chi connectivity index (χ3v) is 4.14. The average molecular weight is 250 g/mol. The minimum Gasteiger partial charge on any atom is -0.396 e. The number of thiophene rings is 1. The first-order valence-corrected chi connectivity index (χ1v) is 5.44. The van der Waals surface area contributed by atoms with E-state index in [9.17, 15) is 0 Å². The quantitative estimate of drug-likeness (QED) is 0.863. The highest BCUT2D eigenvalue weighted by Crippen LogP contribution is 2.31. The van der Waals surface area contributed by atoms with E-state index >= 15 is 0 Å². The molecular formula is C8H12BrNOS. The van der Waals surface area contributed by atoms with E-state index in [1.165, 1.54) is 5.56 Å². The zero-order chi connectivity index (χ0) is 9.14. The van der Waals surface area contributed by atoms with Crippen molar-refractivity contribution >= 4 is 27.3 Å². The van der Waals surface area contributed by atoms with Crippen LogP contribution in [0.15, 0.2) is 9.85 Å². The van der Waals surface area contributed by atoms with Gasteiger partial charge in [-0.15, -0.1) is 11.3 Å². The number of halogens is 1. The van der Waals surface area contributed by atoms with Gasteiger partial charge in [-0.1, -0.05) is 0 Å². The third kappa shape index (κ3) is 2.07. The zero-order valence-corrected chi connectivity index (χ0v) is 9.28. The molecule has 0 aliphatic carbocycles. The van der Waals surface area contributed by atoms with Crippen LogP contribution >= 0.6 is 27.3 Å². The Kier molecular flexibility index (Phi) is 3.71. The van der Waals surface area contributed by atoms with Crippen LogP contribution in [0.2, 0.25) is 0 Å². The number of nitrogens with two attached hydrogens (primary N) is 1. The summed E-state index contributed by atoms with van der Waals surface area (Å²) in [5.74, 6) is 0. The van der Waals surface area contributed by atoms with Crippen molar-refractivity contribution in [3.05, 3.63) is 20.3 Å². The van der Waals surface area contributed by atoms with Crippen LogP contribution in [0.5, 0.6) is 0 Å². The van der Waals surface area contributed by atoms with E-state index in [1.807, 2.05) is 12.3 Å². The Morgan fingerprint density at radius 3 is 2.83 bits per heavy atom. The molecule has 2 nitrogen and oxygen atoms in total. The highest BCUT2D eigenvalue weighted by Gasteiger charge is 2.12. The maximum atomic E-state index is 8.71. The SMILES string of the molecule is Cc1c(Br)csc1[C@H](N)CCO. The lowest BCUT2D eigenvalue weighted by molar-refractivity contribution is 0.277. The molecule has 0 aromatic carbocycles. The summed E-state index contributed by atoms with van der Waals surface area (Å²) in [6, 6.07) is -0.0219. The predicted molar refractivity (Wildman–Crippen MR) is 55.4 cm³/mol. The van der Waals surface area contributed by atoms with Crippen LogP contribution in [-0.4, -0.2) is 11.7 Å². The predicted octanol–water partition coefficient (Wildman–Crippen LogP) is 2.20. The van der Waals surface area contributed by atoms with Crippen molar-refractivity contribution < 1.29 is 5.11 Å². The van der Waals surface area contributed by atoms with Crippen LogP contribution in [0.1, 0.15) is 22.9 Å². The van der Waals surface area contributed by atoms with Gasteiger partial charge in [-0.2, -0.15) is 0 Å². The molecule has 1 aromatic rings.